The molecular weight excluding hydrogens is 589 g/mol. The van der Waals surface area contributed by atoms with Crippen LogP contribution in [0.4, 0.5) is 0 Å². The number of rotatable bonds is 18. The maximum Gasteiger partial charge on any atom is 0.353 e. The Kier molecular flexibility index (Phi) is 13.3. The van der Waals surface area contributed by atoms with Gasteiger partial charge in [0.25, 0.3) is 0 Å². The summed E-state index contributed by atoms with van der Waals surface area (Å²) in [4.78, 5) is 4.52. The lowest BCUT2D eigenvalue weighted by Crippen LogP contribution is -2.50. The lowest BCUT2D eigenvalue weighted by Gasteiger charge is -2.34. The third kappa shape index (κ3) is 9.68. The minimum Gasteiger partial charge on any atom is -0.497 e. The second-order valence-corrected chi connectivity index (χ2v) is 14.5. The van der Waals surface area contributed by atoms with Gasteiger partial charge in [0.15, 0.2) is 5.78 Å². The smallest absolute Gasteiger partial charge is 0.353 e. The molecule has 236 valence electrons. The van der Waals surface area contributed by atoms with Crippen LogP contribution >= 0.6 is 7.60 Å². The molecule has 0 amide bonds. The molecule has 1 heterocycles. The Hall–Kier alpha value is -2.63. The highest BCUT2D eigenvalue weighted by molar-refractivity contribution is 7.89. The first-order valence-corrected chi connectivity index (χ1v) is 17.5. The number of hydrogen-bond donors (Lipinski definition) is 2. The fraction of sp³-hybridized carbons (Fsp3) is 0.452. The fourth-order valence-electron chi connectivity index (χ4n) is 4.71. The Morgan fingerprint density at radius 2 is 1.56 bits per heavy atom. The van der Waals surface area contributed by atoms with E-state index in [-0.39, 0.29) is 37.1 Å². The van der Waals surface area contributed by atoms with Gasteiger partial charge in [0.05, 0.1) is 37.0 Å². The van der Waals surface area contributed by atoms with Crippen LogP contribution in [0.25, 0.3) is 0 Å². The quantitative estimate of drug-likeness (QED) is 0.180. The van der Waals surface area contributed by atoms with Gasteiger partial charge in [-0.1, -0.05) is 50.2 Å². The average Bonchev–Trinajstić information content (AvgIpc) is 2.99. The van der Waals surface area contributed by atoms with Gasteiger partial charge in [-0.15, -0.1) is 0 Å². The van der Waals surface area contributed by atoms with Gasteiger partial charge in [-0.3, -0.25) is 14.9 Å². The highest BCUT2D eigenvalue weighted by Crippen LogP contribution is 2.59. The van der Waals surface area contributed by atoms with Crippen LogP contribution in [-0.4, -0.2) is 68.4 Å². The van der Waals surface area contributed by atoms with Gasteiger partial charge in [0.2, 0.25) is 10.0 Å². The van der Waals surface area contributed by atoms with Crippen molar-refractivity contribution in [2.45, 2.75) is 56.9 Å². The van der Waals surface area contributed by atoms with Crippen molar-refractivity contribution >= 4 is 17.6 Å². The number of ether oxygens (including phenoxy) is 1. The van der Waals surface area contributed by atoms with E-state index >= 15 is 0 Å². The van der Waals surface area contributed by atoms with Gasteiger partial charge in [-0.05, 0) is 68.1 Å². The number of hydrogen-bond acceptors (Lipinski definition) is 9. The van der Waals surface area contributed by atoms with E-state index in [0.717, 1.165) is 5.56 Å². The van der Waals surface area contributed by atoms with E-state index in [1.807, 2.05) is 44.2 Å². The van der Waals surface area contributed by atoms with Crippen molar-refractivity contribution in [3.63, 3.8) is 0 Å². The summed E-state index contributed by atoms with van der Waals surface area (Å²) < 4.78 is 59.7. The fourth-order valence-corrected chi connectivity index (χ4v) is 8.27. The summed E-state index contributed by atoms with van der Waals surface area (Å²) in [5.74, 6) is -0.498. The number of sulfonamides is 1. The summed E-state index contributed by atoms with van der Waals surface area (Å²) >= 11 is 0. The Morgan fingerprint density at radius 1 is 0.930 bits per heavy atom. The molecular formula is C31H44N3O7PS. The van der Waals surface area contributed by atoms with Crippen molar-refractivity contribution in [2.24, 2.45) is 5.92 Å². The molecule has 0 aliphatic carbocycles. The van der Waals surface area contributed by atoms with Gasteiger partial charge in [-0.2, -0.15) is 4.31 Å². The topological polar surface area (TPSA) is 127 Å². The maximum atomic E-state index is 14.1. The van der Waals surface area contributed by atoms with Crippen molar-refractivity contribution < 1.29 is 31.9 Å². The lowest BCUT2D eigenvalue weighted by molar-refractivity contribution is 0.0966. The molecule has 1 unspecified atom stereocenters. The molecule has 0 bridgehead atoms. The van der Waals surface area contributed by atoms with E-state index in [2.05, 4.69) is 10.3 Å². The molecule has 2 aromatic carbocycles. The molecule has 10 nitrogen and oxygen atoms in total. The number of pyridine rings is 1. The maximum absolute atomic E-state index is 14.1. The third-order valence-corrected chi connectivity index (χ3v) is 10.8. The molecule has 1 aromatic heterocycles. The van der Waals surface area contributed by atoms with Crippen LogP contribution < -0.4 is 10.1 Å². The number of nitrogens with one attached hydrogen (secondary N) is 1. The highest BCUT2D eigenvalue weighted by Gasteiger charge is 2.41. The van der Waals surface area contributed by atoms with Crippen LogP contribution in [0.2, 0.25) is 0 Å². The normalized spacial score (nSPS) is 14.5. The van der Waals surface area contributed by atoms with Gasteiger partial charge in [0.1, 0.15) is 5.75 Å². The monoisotopic (exact) mass is 633 g/mol. The van der Waals surface area contributed by atoms with Gasteiger partial charge < -0.3 is 18.9 Å². The summed E-state index contributed by atoms with van der Waals surface area (Å²) in [6, 6.07) is 20.1. The Labute approximate surface area is 256 Å². The molecule has 0 spiro atoms. The SMILES string of the molecule is CCOP(=O)(OCC)C(N[C@@H](Cc1ccccc1)[C@@H](O)CN(CC(C)C)S(=O)(=O)c1ccc(OC)cc1)c1ccccn1. The second kappa shape index (κ2) is 16.4. The van der Waals surface area contributed by atoms with Crippen LogP contribution in [0.3, 0.4) is 0 Å². The van der Waals surface area contributed by atoms with Gasteiger partial charge in [0, 0.05) is 25.3 Å². The van der Waals surface area contributed by atoms with E-state index in [9.17, 15) is 18.1 Å². The lowest BCUT2D eigenvalue weighted by atomic mass is 10.0. The molecule has 43 heavy (non-hydrogen) atoms. The van der Waals surface area contributed by atoms with E-state index in [1.165, 1.54) is 23.5 Å². The van der Waals surface area contributed by atoms with Gasteiger partial charge >= 0.3 is 7.60 Å². The first-order chi connectivity index (χ1) is 20.5. The van der Waals surface area contributed by atoms with Crippen molar-refractivity contribution in [3.05, 3.63) is 90.3 Å². The van der Waals surface area contributed by atoms with E-state index < -0.39 is 35.5 Å². The predicted molar refractivity (Wildman–Crippen MR) is 168 cm³/mol. The number of benzene rings is 2. The Bertz CT molecular complexity index is 1380. The molecule has 3 atom stereocenters. The first kappa shape index (κ1) is 34.9. The third-order valence-electron chi connectivity index (χ3n) is 6.69. The number of methoxy groups -OCH3 is 1. The zero-order valence-electron chi connectivity index (χ0n) is 25.5. The van der Waals surface area contributed by atoms with Crippen LogP contribution in [-0.2, 0) is 30.1 Å². The molecule has 0 saturated heterocycles. The minimum absolute atomic E-state index is 0.0156. The van der Waals surface area contributed by atoms with Crippen molar-refractivity contribution in [2.75, 3.05) is 33.4 Å². The summed E-state index contributed by atoms with van der Waals surface area (Å²) in [5.41, 5.74) is 1.32. The van der Waals surface area contributed by atoms with Crippen molar-refractivity contribution in [1.82, 2.24) is 14.6 Å². The number of aliphatic hydroxyl groups is 1. The molecule has 12 heteroatoms. The molecule has 0 saturated carbocycles. The summed E-state index contributed by atoms with van der Waals surface area (Å²) in [6.45, 7) is 7.53. The molecule has 3 aromatic rings. The van der Waals surface area contributed by atoms with Crippen LogP contribution in [0.15, 0.2) is 83.9 Å². The predicted octanol–water partition coefficient (Wildman–Crippen LogP) is 5.26. The first-order valence-electron chi connectivity index (χ1n) is 14.5. The average molecular weight is 634 g/mol. The zero-order chi connectivity index (χ0) is 31.5. The Balaban J connectivity index is 2.03. The summed E-state index contributed by atoms with van der Waals surface area (Å²) in [6.07, 6.45) is 0.678. The second-order valence-electron chi connectivity index (χ2n) is 10.5. The molecule has 2 N–H and O–H groups in total. The molecule has 0 radical (unpaired) electrons. The molecule has 0 fully saturated rings. The number of aliphatic hydroxyl groups excluding tert-OH is 1. The largest absolute Gasteiger partial charge is 0.497 e. The van der Waals surface area contributed by atoms with E-state index in [4.69, 9.17) is 13.8 Å². The van der Waals surface area contributed by atoms with Gasteiger partial charge in [-0.25, -0.2) is 8.42 Å². The zero-order valence-corrected chi connectivity index (χ0v) is 27.2. The van der Waals surface area contributed by atoms with Crippen LogP contribution in [0.5, 0.6) is 5.75 Å². The van der Waals surface area contributed by atoms with Crippen molar-refractivity contribution in [1.29, 1.82) is 0 Å². The van der Waals surface area contributed by atoms with Crippen molar-refractivity contribution in [3.8, 4) is 5.75 Å². The number of nitrogens with zero attached hydrogens (tertiary/aromatic N) is 2. The number of aromatic nitrogens is 1. The van der Waals surface area contributed by atoms with E-state index in [1.54, 1.807) is 50.4 Å². The Morgan fingerprint density at radius 3 is 2.09 bits per heavy atom. The van der Waals surface area contributed by atoms with E-state index in [0.29, 0.717) is 17.9 Å². The highest BCUT2D eigenvalue weighted by atomic mass is 32.2. The molecule has 0 aliphatic rings. The minimum atomic E-state index is -3.98. The van der Waals surface area contributed by atoms with Crippen LogP contribution in [0, 0.1) is 5.92 Å². The molecule has 3 rings (SSSR count). The van der Waals surface area contributed by atoms with Crippen LogP contribution in [0.1, 0.15) is 44.7 Å². The standard InChI is InChI=1S/C31H44N3O7PS/c1-6-40-42(36,41-7-2)31(28-15-11-12-20-32-28)33-29(21-25-13-9-8-10-14-25)30(35)23-34(22-24(3)4)43(37,38)27-18-16-26(39-5)17-19-27/h8-20,24,29-31,33,35H,6-7,21-23H2,1-5H3/t29-,30-,31?/m0/s1. The summed E-state index contributed by atoms with van der Waals surface area (Å²) in [7, 11) is -6.29. The summed E-state index contributed by atoms with van der Waals surface area (Å²) in [5, 5.41) is 15.1. The molecule has 0 aliphatic heterocycles.